The molecule has 0 spiro atoms. The van der Waals surface area contributed by atoms with E-state index in [4.69, 9.17) is 10.5 Å². The molecule has 1 amide bonds. The van der Waals surface area contributed by atoms with Crippen molar-refractivity contribution < 1.29 is 9.53 Å². The first-order valence-corrected chi connectivity index (χ1v) is 7.63. The summed E-state index contributed by atoms with van der Waals surface area (Å²) in [6.07, 6.45) is 1.99. The summed E-state index contributed by atoms with van der Waals surface area (Å²) >= 11 is 0. The first-order valence-electron chi connectivity index (χ1n) is 7.63. The summed E-state index contributed by atoms with van der Waals surface area (Å²) in [6, 6.07) is 3.60. The molecular weight excluding hydrogens is 266 g/mol. The summed E-state index contributed by atoms with van der Waals surface area (Å²) in [6.45, 7) is 7.69. The molecule has 0 saturated carbocycles. The van der Waals surface area contributed by atoms with Crippen molar-refractivity contribution in [2.75, 3.05) is 18.9 Å². The molecule has 3 N–H and O–H groups in total. The first kappa shape index (κ1) is 15.8. The molecule has 1 aliphatic heterocycles. The number of anilines is 1. The zero-order valence-corrected chi connectivity index (χ0v) is 13.1. The van der Waals surface area contributed by atoms with Gasteiger partial charge >= 0.3 is 0 Å². The highest BCUT2D eigenvalue weighted by molar-refractivity contribution is 5.95. The molecule has 0 radical (unpaired) electrons. The van der Waals surface area contributed by atoms with Crippen LogP contribution in [0.1, 0.15) is 55.6 Å². The van der Waals surface area contributed by atoms with Crippen molar-refractivity contribution in [3.8, 4) is 0 Å². The fourth-order valence-electron chi connectivity index (χ4n) is 2.62. The maximum absolute atomic E-state index is 12.4. The standard InChI is InChI=1S/C16H25N3O2/c1-10(2)14-8-13(9-15(17)19-14)16(20)18-11(3)12-4-6-21-7-5-12/h8-12H,4-7H2,1-3H3,(H2,17,19)(H,18,20). The highest BCUT2D eigenvalue weighted by Gasteiger charge is 2.22. The molecule has 1 fully saturated rings. The second kappa shape index (κ2) is 6.89. The van der Waals surface area contributed by atoms with E-state index < -0.39 is 0 Å². The molecule has 1 aromatic heterocycles. The highest BCUT2D eigenvalue weighted by atomic mass is 16.5. The number of amides is 1. The second-order valence-electron chi connectivity index (χ2n) is 6.07. The Labute approximate surface area is 126 Å². The Kier molecular flexibility index (Phi) is 5.17. The van der Waals surface area contributed by atoms with Crippen LogP contribution in [0.4, 0.5) is 5.82 Å². The minimum atomic E-state index is -0.0787. The zero-order valence-electron chi connectivity index (χ0n) is 13.1. The number of pyridine rings is 1. The molecule has 1 saturated heterocycles. The number of carbonyl (C=O) groups is 1. The summed E-state index contributed by atoms with van der Waals surface area (Å²) in [5.74, 6) is 1.04. The van der Waals surface area contributed by atoms with E-state index in [1.165, 1.54) is 0 Å². The van der Waals surface area contributed by atoms with Gasteiger partial charge in [-0.2, -0.15) is 0 Å². The predicted molar refractivity (Wildman–Crippen MR) is 83.2 cm³/mol. The second-order valence-corrected chi connectivity index (χ2v) is 6.07. The molecule has 1 atom stereocenters. The van der Waals surface area contributed by atoms with E-state index in [0.717, 1.165) is 31.7 Å². The van der Waals surface area contributed by atoms with Crippen LogP contribution >= 0.6 is 0 Å². The van der Waals surface area contributed by atoms with Crippen LogP contribution in [0, 0.1) is 5.92 Å². The van der Waals surface area contributed by atoms with Gasteiger partial charge in [-0.1, -0.05) is 13.8 Å². The van der Waals surface area contributed by atoms with Crippen LogP contribution in [0.2, 0.25) is 0 Å². The Bertz CT molecular complexity index is 496. The van der Waals surface area contributed by atoms with Crippen molar-refractivity contribution in [2.45, 2.75) is 45.6 Å². The minimum absolute atomic E-state index is 0.0787. The van der Waals surface area contributed by atoms with Crippen LogP contribution in [0.15, 0.2) is 12.1 Å². The quantitative estimate of drug-likeness (QED) is 0.892. The molecule has 2 heterocycles. The number of nitrogen functional groups attached to an aromatic ring is 1. The van der Waals surface area contributed by atoms with E-state index in [0.29, 0.717) is 17.3 Å². The molecule has 0 bridgehead atoms. The Morgan fingerprint density at radius 3 is 2.62 bits per heavy atom. The van der Waals surface area contributed by atoms with Crippen molar-refractivity contribution in [3.05, 3.63) is 23.4 Å². The number of nitrogens with two attached hydrogens (primary N) is 1. The SMILES string of the molecule is CC(C)c1cc(C(=O)NC(C)C2CCOCC2)cc(N)n1. The summed E-state index contributed by atoms with van der Waals surface area (Å²) in [5, 5.41) is 3.08. The van der Waals surface area contributed by atoms with Gasteiger partial charge in [0.2, 0.25) is 0 Å². The van der Waals surface area contributed by atoms with Crippen LogP contribution in [0.5, 0.6) is 0 Å². The molecule has 0 aromatic carbocycles. The van der Waals surface area contributed by atoms with Crippen LogP contribution in [0.25, 0.3) is 0 Å². The third kappa shape index (κ3) is 4.17. The third-order valence-electron chi connectivity index (χ3n) is 4.05. The minimum Gasteiger partial charge on any atom is -0.384 e. The van der Waals surface area contributed by atoms with Gasteiger partial charge in [-0.3, -0.25) is 4.79 Å². The van der Waals surface area contributed by atoms with Gasteiger partial charge in [0, 0.05) is 30.5 Å². The molecule has 5 heteroatoms. The lowest BCUT2D eigenvalue weighted by Gasteiger charge is -2.28. The van der Waals surface area contributed by atoms with E-state index in [1.807, 2.05) is 19.9 Å². The molecule has 2 rings (SSSR count). The monoisotopic (exact) mass is 291 g/mol. The Balaban J connectivity index is 2.05. The molecule has 1 aromatic rings. The van der Waals surface area contributed by atoms with Crippen molar-refractivity contribution in [3.63, 3.8) is 0 Å². The first-order chi connectivity index (χ1) is 9.97. The number of nitrogens with one attached hydrogen (secondary N) is 1. The van der Waals surface area contributed by atoms with Gasteiger partial charge < -0.3 is 15.8 Å². The van der Waals surface area contributed by atoms with Gasteiger partial charge in [0.15, 0.2) is 0 Å². The van der Waals surface area contributed by atoms with E-state index in [-0.39, 0.29) is 17.9 Å². The highest BCUT2D eigenvalue weighted by Crippen LogP contribution is 2.20. The van der Waals surface area contributed by atoms with Crippen LogP contribution < -0.4 is 11.1 Å². The summed E-state index contributed by atoms with van der Waals surface area (Å²) < 4.78 is 5.36. The van der Waals surface area contributed by atoms with Gasteiger partial charge in [0.05, 0.1) is 0 Å². The van der Waals surface area contributed by atoms with Crippen molar-refractivity contribution in [1.82, 2.24) is 10.3 Å². The molecule has 116 valence electrons. The van der Waals surface area contributed by atoms with Crippen LogP contribution in [0.3, 0.4) is 0 Å². The van der Waals surface area contributed by atoms with Crippen molar-refractivity contribution in [1.29, 1.82) is 0 Å². The smallest absolute Gasteiger partial charge is 0.251 e. The lowest BCUT2D eigenvalue weighted by molar-refractivity contribution is 0.0538. The summed E-state index contributed by atoms with van der Waals surface area (Å²) in [7, 11) is 0. The Hall–Kier alpha value is -1.62. The molecule has 5 nitrogen and oxygen atoms in total. The maximum Gasteiger partial charge on any atom is 0.251 e. The molecule has 1 aliphatic rings. The number of rotatable bonds is 4. The number of carbonyl (C=O) groups excluding carboxylic acids is 1. The lowest BCUT2D eigenvalue weighted by atomic mass is 9.92. The largest absolute Gasteiger partial charge is 0.384 e. The summed E-state index contributed by atoms with van der Waals surface area (Å²) in [4.78, 5) is 16.7. The lowest BCUT2D eigenvalue weighted by Crippen LogP contribution is -2.40. The van der Waals surface area contributed by atoms with E-state index in [1.54, 1.807) is 6.07 Å². The maximum atomic E-state index is 12.4. The van der Waals surface area contributed by atoms with Gasteiger partial charge in [-0.25, -0.2) is 4.98 Å². The molecule has 21 heavy (non-hydrogen) atoms. The van der Waals surface area contributed by atoms with E-state index >= 15 is 0 Å². The number of ether oxygens (including phenoxy) is 1. The average molecular weight is 291 g/mol. The van der Waals surface area contributed by atoms with Gasteiger partial charge in [-0.15, -0.1) is 0 Å². The Morgan fingerprint density at radius 2 is 2.00 bits per heavy atom. The van der Waals surface area contributed by atoms with Crippen LogP contribution in [-0.2, 0) is 4.74 Å². The number of aromatic nitrogens is 1. The predicted octanol–water partition coefficient (Wildman–Crippen LogP) is 2.33. The van der Waals surface area contributed by atoms with Gasteiger partial charge in [-0.05, 0) is 43.7 Å². The molecular formula is C16H25N3O2. The normalized spacial score (nSPS) is 17.7. The van der Waals surface area contributed by atoms with Crippen molar-refractivity contribution >= 4 is 11.7 Å². The van der Waals surface area contributed by atoms with Crippen molar-refractivity contribution in [2.24, 2.45) is 5.92 Å². The average Bonchev–Trinajstić information content (AvgIpc) is 2.47. The molecule has 1 unspecified atom stereocenters. The third-order valence-corrected chi connectivity index (χ3v) is 4.05. The fourth-order valence-corrected chi connectivity index (χ4v) is 2.62. The van der Waals surface area contributed by atoms with E-state index in [2.05, 4.69) is 17.2 Å². The van der Waals surface area contributed by atoms with E-state index in [9.17, 15) is 4.79 Å². The number of hydrogen-bond donors (Lipinski definition) is 2. The number of nitrogens with zero attached hydrogens (tertiary/aromatic N) is 1. The van der Waals surface area contributed by atoms with Gasteiger partial charge in [0.25, 0.3) is 5.91 Å². The topological polar surface area (TPSA) is 77.2 Å². The fraction of sp³-hybridized carbons (Fsp3) is 0.625. The van der Waals surface area contributed by atoms with Gasteiger partial charge in [0.1, 0.15) is 5.82 Å². The summed E-state index contributed by atoms with van der Waals surface area (Å²) in [5.41, 5.74) is 7.24. The Morgan fingerprint density at radius 1 is 1.33 bits per heavy atom. The number of hydrogen-bond acceptors (Lipinski definition) is 4. The van der Waals surface area contributed by atoms with Crippen LogP contribution in [-0.4, -0.2) is 30.1 Å². The zero-order chi connectivity index (χ0) is 15.4. The molecule has 0 aliphatic carbocycles.